The number of rotatable bonds is 1. The molecule has 0 radical (unpaired) electrons. The summed E-state index contributed by atoms with van der Waals surface area (Å²) in [5.74, 6) is 0. The molecule has 0 spiro atoms. The predicted octanol–water partition coefficient (Wildman–Crippen LogP) is 4.16. The lowest BCUT2D eigenvalue weighted by Gasteiger charge is -2.05. The lowest BCUT2D eigenvalue weighted by atomic mass is 10.1. The van der Waals surface area contributed by atoms with Crippen LogP contribution < -0.4 is 5.73 Å². The summed E-state index contributed by atoms with van der Waals surface area (Å²) in [7, 11) is 0. The van der Waals surface area contributed by atoms with Crippen molar-refractivity contribution in [3.63, 3.8) is 0 Å². The number of nitrogens with zero attached hydrogens (tertiary/aromatic N) is 2. The van der Waals surface area contributed by atoms with Crippen molar-refractivity contribution in [2.24, 2.45) is 0 Å². The third kappa shape index (κ3) is 1.86. The molecule has 0 saturated carbocycles. The molecule has 0 atom stereocenters. The quantitative estimate of drug-likeness (QED) is 0.729. The second-order valence-corrected chi connectivity index (χ2v) is 5.51. The first kappa shape index (κ1) is 13.0. The molecule has 3 nitrogen and oxygen atoms in total. The van der Waals surface area contributed by atoms with E-state index in [2.05, 4.69) is 24.3 Å². The zero-order valence-electron chi connectivity index (χ0n) is 11.7. The van der Waals surface area contributed by atoms with Gasteiger partial charge in [0.1, 0.15) is 0 Å². The zero-order valence-corrected chi connectivity index (χ0v) is 12.5. The molecule has 0 amide bonds. The Hall–Kier alpha value is -2.00. The number of nitrogen functional groups attached to an aromatic ring is 1. The molecule has 4 heteroatoms. The van der Waals surface area contributed by atoms with Gasteiger partial charge in [0.2, 0.25) is 0 Å². The average Bonchev–Trinajstić information content (AvgIpc) is 2.77. The summed E-state index contributed by atoms with van der Waals surface area (Å²) < 4.78 is 2.09. The van der Waals surface area contributed by atoms with E-state index < -0.39 is 0 Å². The highest BCUT2D eigenvalue weighted by molar-refractivity contribution is 6.31. The summed E-state index contributed by atoms with van der Waals surface area (Å²) in [5.41, 5.74) is 12.8. The van der Waals surface area contributed by atoms with Crippen molar-refractivity contribution in [3.05, 3.63) is 52.3 Å². The van der Waals surface area contributed by atoms with Crippen molar-refractivity contribution < 1.29 is 0 Å². The number of halogens is 1. The first-order valence-corrected chi connectivity index (χ1v) is 6.87. The van der Waals surface area contributed by atoms with Crippen LogP contribution in [0.1, 0.15) is 17.0 Å². The van der Waals surface area contributed by atoms with Crippen molar-refractivity contribution in [3.8, 4) is 11.3 Å². The van der Waals surface area contributed by atoms with Gasteiger partial charge in [0.05, 0.1) is 11.4 Å². The number of aryl methyl sites for hydroxylation is 3. The highest BCUT2D eigenvalue weighted by Crippen LogP contribution is 2.29. The van der Waals surface area contributed by atoms with Crippen LogP contribution >= 0.6 is 11.6 Å². The van der Waals surface area contributed by atoms with E-state index in [-0.39, 0.29) is 0 Å². The molecule has 1 aromatic carbocycles. The number of hydrogen-bond acceptors (Lipinski definition) is 2. The first-order valence-electron chi connectivity index (χ1n) is 6.49. The fraction of sp³-hybridized carbons (Fsp3) is 0.188. The Labute approximate surface area is 123 Å². The minimum absolute atomic E-state index is 0.690. The number of pyridine rings is 1. The normalized spacial score (nSPS) is 11.2. The fourth-order valence-corrected chi connectivity index (χ4v) is 2.67. The summed E-state index contributed by atoms with van der Waals surface area (Å²) in [6.07, 6.45) is 0. The number of nitrogens with two attached hydrogens (primary N) is 1. The second kappa shape index (κ2) is 4.53. The summed E-state index contributed by atoms with van der Waals surface area (Å²) in [5, 5.41) is 0.769. The Kier molecular flexibility index (Phi) is 2.94. The lowest BCUT2D eigenvalue weighted by molar-refractivity contribution is 1.04. The van der Waals surface area contributed by atoms with Crippen LogP contribution in [0.4, 0.5) is 5.69 Å². The molecule has 102 valence electrons. The molecular formula is C16H16ClN3. The van der Waals surface area contributed by atoms with E-state index >= 15 is 0 Å². The smallest absolute Gasteiger partial charge is 0.161 e. The highest BCUT2D eigenvalue weighted by atomic mass is 35.5. The fourth-order valence-electron chi connectivity index (χ4n) is 2.55. The molecule has 0 bridgehead atoms. The van der Waals surface area contributed by atoms with Gasteiger partial charge in [-0.2, -0.15) is 0 Å². The maximum Gasteiger partial charge on any atom is 0.161 e. The molecule has 0 aliphatic heterocycles. The van der Waals surface area contributed by atoms with Gasteiger partial charge < -0.3 is 5.73 Å². The molecule has 0 aliphatic carbocycles. The van der Waals surface area contributed by atoms with Gasteiger partial charge in [-0.05, 0) is 50.6 Å². The number of benzene rings is 1. The Balaban J connectivity index is 2.32. The summed E-state index contributed by atoms with van der Waals surface area (Å²) in [6, 6.07) is 9.87. The molecular weight excluding hydrogens is 270 g/mol. The summed E-state index contributed by atoms with van der Waals surface area (Å²) >= 11 is 6.09. The van der Waals surface area contributed by atoms with E-state index in [1.54, 1.807) is 0 Å². The molecule has 3 aromatic rings. The summed E-state index contributed by atoms with van der Waals surface area (Å²) in [4.78, 5) is 4.71. The van der Waals surface area contributed by atoms with Crippen LogP contribution in [0.2, 0.25) is 5.02 Å². The second-order valence-electron chi connectivity index (χ2n) is 5.10. The number of anilines is 1. The summed E-state index contributed by atoms with van der Waals surface area (Å²) in [6.45, 7) is 6.11. The van der Waals surface area contributed by atoms with Crippen molar-refractivity contribution in [1.82, 2.24) is 9.38 Å². The SMILES string of the molecule is Cc1cc(-c2nc3c(N)ccc(C)n3c2C)ccc1Cl. The van der Waals surface area contributed by atoms with Crippen LogP contribution in [-0.2, 0) is 0 Å². The van der Waals surface area contributed by atoms with Crippen LogP contribution in [0.5, 0.6) is 0 Å². The van der Waals surface area contributed by atoms with Gasteiger partial charge in [-0.25, -0.2) is 4.98 Å². The van der Waals surface area contributed by atoms with Crippen LogP contribution in [0.25, 0.3) is 16.9 Å². The third-order valence-electron chi connectivity index (χ3n) is 3.65. The third-order valence-corrected chi connectivity index (χ3v) is 4.08. The lowest BCUT2D eigenvalue weighted by Crippen LogP contribution is -1.97. The maximum absolute atomic E-state index is 6.09. The molecule has 0 saturated heterocycles. The molecule has 3 rings (SSSR count). The minimum Gasteiger partial charge on any atom is -0.396 e. The standard InChI is InChI=1S/C16H16ClN3/c1-9-8-12(5-6-13(9)17)15-11(3)20-10(2)4-7-14(18)16(20)19-15/h4-8H,18H2,1-3H3. The van der Waals surface area contributed by atoms with E-state index in [4.69, 9.17) is 22.3 Å². The van der Waals surface area contributed by atoms with Crippen molar-refractivity contribution in [2.45, 2.75) is 20.8 Å². The number of imidazole rings is 1. The molecule has 20 heavy (non-hydrogen) atoms. The van der Waals surface area contributed by atoms with Gasteiger partial charge in [0, 0.05) is 22.0 Å². The largest absolute Gasteiger partial charge is 0.396 e. The molecule has 2 N–H and O–H groups in total. The Morgan fingerprint density at radius 3 is 2.50 bits per heavy atom. The van der Waals surface area contributed by atoms with E-state index in [1.807, 2.05) is 31.2 Å². The highest BCUT2D eigenvalue weighted by Gasteiger charge is 2.14. The molecule has 2 aromatic heterocycles. The van der Waals surface area contributed by atoms with E-state index in [1.165, 1.54) is 0 Å². The van der Waals surface area contributed by atoms with Gasteiger partial charge in [0.25, 0.3) is 0 Å². The van der Waals surface area contributed by atoms with Crippen molar-refractivity contribution in [2.75, 3.05) is 5.73 Å². The number of fused-ring (bicyclic) bond motifs is 1. The van der Waals surface area contributed by atoms with Crippen LogP contribution in [-0.4, -0.2) is 9.38 Å². The van der Waals surface area contributed by atoms with Crippen molar-refractivity contribution >= 4 is 22.9 Å². The predicted molar refractivity (Wildman–Crippen MR) is 84.3 cm³/mol. The van der Waals surface area contributed by atoms with Gasteiger partial charge >= 0.3 is 0 Å². The maximum atomic E-state index is 6.09. The zero-order chi connectivity index (χ0) is 14.4. The molecule has 0 aliphatic rings. The Morgan fingerprint density at radius 1 is 1.10 bits per heavy atom. The number of hydrogen-bond donors (Lipinski definition) is 1. The van der Waals surface area contributed by atoms with Crippen LogP contribution in [0.15, 0.2) is 30.3 Å². The van der Waals surface area contributed by atoms with Crippen molar-refractivity contribution in [1.29, 1.82) is 0 Å². The van der Waals surface area contributed by atoms with E-state index in [0.717, 1.165) is 38.9 Å². The monoisotopic (exact) mass is 285 g/mol. The average molecular weight is 286 g/mol. The van der Waals surface area contributed by atoms with E-state index in [0.29, 0.717) is 5.69 Å². The number of aromatic nitrogens is 2. The Morgan fingerprint density at radius 2 is 1.85 bits per heavy atom. The molecule has 2 heterocycles. The van der Waals surface area contributed by atoms with Gasteiger partial charge in [-0.3, -0.25) is 4.40 Å². The topological polar surface area (TPSA) is 43.3 Å². The minimum atomic E-state index is 0.690. The van der Waals surface area contributed by atoms with Gasteiger partial charge in [-0.1, -0.05) is 17.7 Å². The molecule has 0 unspecified atom stereocenters. The van der Waals surface area contributed by atoms with Crippen LogP contribution in [0, 0.1) is 20.8 Å². The van der Waals surface area contributed by atoms with Crippen LogP contribution in [0.3, 0.4) is 0 Å². The Bertz CT molecular complexity index is 818. The van der Waals surface area contributed by atoms with E-state index in [9.17, 15) is 0 Å². The molecule has 0 fully saturated rings. The van der Waals surface area contributed by atoms with Gasteiger partial charge in [-0.15, -0.1) is 0 Å². The van der Waals surface area contributed by atoms with Gasteiger partial charge in [0.15, 0.2) is 5.65 Å². The first-order chi connectivity index (χ1) is 9.49.